The van der Waals surface area contributed by atoms with Crippen molar-refractivity contribution < 1.29 is 10.2 Å². The summed E-state index contributed by atoms with van der Waals surface area (Å²) in [6.45, 7) is 7.20. The average Bonchev–Trinajstić information content (AvgIpc) is 3.20. The highest BCUT2D eigenvalue weighted by molar-refractivity contribution is 5.52. The van der Waals surface area contributed by atoms with Crippen molar-refractivity contribution in [1.29, 1.82) is 0 Å². The fourth-order valence-electron chi connectivity index (χ4n) is 6.44. The average molecular weight is 692 g/mol. The number of nitrogens with two attached hydrogens (primary N) is 1. The molecular weight excluding hydrogens is 639 g/mol. The highest BCUT2D eigenvalue weighted by Gasteiger charge is 2.18. The van der Waals surface area contributed by atoms with Gasteiger partial charge in [0.1, 0.15) is 0 Å². The van der Waals surface area contributed by atoms with E-state index in [2.05, 4.69) is 94.7 Å². The first-order valence-corrected chi connectivity index (χ1v) is 18.5. The Kier molecular flexibility index (Phi) is 14.6. The van der Waals surface area contributed by atoms with E-state index < -0.39 is 12.2 Å². The van der Waals surface area contributed by atoms with Gasteiger partial charge < -0.3 is 20.8 Å². The Bertz CT molecular complexity index is 1870. The zero-order valence-electron chi connectivity index (χ0n) is 30.6. The van der Waals surface area contributed by atoms with Crippen molar-refractivity contribution in [3.8, 4) is 0 Å². The monoisotopic (exact) mass is 691 g/mol. The summed E-state index contributed by atoms with van der Waals surface area (Å²) in [6, 6.07) is 55.6. The molecule has 52 heavy (non-hydrogen) atoms. The lowest BCUT2D eigenvalue weighted by Gasteiger charge is -2.28. The number of nitrogens with zero attached hydrogens (tertiary/aromatic N) is 2. The summed E-state index contributed by atoms with van der Waals surface area (Å²) in [4.78, 5) is 4.56. The van der Waals surface area contributed by atoms with Gasteiger partial charge in [-0.15, -0.1) is 0 Å². The Hall–Kier alpha value is -5.20. The smallest absolute Gasteiger partial charge is 0.0964 e. The van der Waals surface area contributed by atoms with E-state index in [0.717, 1.165) is 48.3 Å². The molecule has 0 fully saturated rings. The van der Waals surface area contributed by atoms with Crippen LogP contribution in [0.25, 0.3) is 0 Å². The van der Waals surface area contributed by atoms with Crippen molar-refractivity contribution in [3.63, 3.8) is 0 Å². The summed E-state index contributed by atoms with van der Waals surface area (Å²) < 4.78 is 0. The van der Waals surface area contributed by atoms with E-state index in [-0.39, 0.29) is 0 Å². The van der Waals surface area contributed by atoms with Gasteiger partial charge in [0.05, 0.1) is 12.2 Å². The van der Waals surface area contributed by atoms with Gasteiger partial charge in [-0.1, -0.05) is 159 Å². The Balaban J connectivity index is 0.00000257. The van der Waals surface area contributed by atoms with Crippen molar-refractivity contribution in [1.82, 2.24) is 4.90 Å². The Labute approximate surface area is 310 Å². The molecule has 0 aliphatic carbocycles. The highest BCUT2D eigenvalue weighted by Crippen LogP contribution is 2.25. The van der Waals surface area contributed by atoms with E-state index in [9.17, 15) is 10.2 Å². The van der Waals surface area contributed by atoms with Gasteiger partial charge in [0.15, 0.2) is 0 Å². The Morgan fingerprint density at radius 2 is 1.04 bits per heavy atom. The van der Waals surface area contributed by atoms with Crippen LogP contribution in [-0.4, -0.2) is 34.7 Å². The molecule has 6 aromatic rings. The van der Waals surface area contributed by atoms with E-state index in [1.807, 2.05) is 92.7 Å². The maximum absolute atomic E-state index is 11.4. The fourth-order valence-corrected chi connectivity index (χ4v) is 6.44. The predicted molar refractivity (Wildman–Crippen MR) is 217 cm³/mol. The first kappa shape index (κ1) is 38.0. The Morgan fingerprint density at radius 3 is 1.62 bits per heavy atom. The van der Waals surface area contributed by atoms with Gasteiger partial charge in [0.25, 0.3) is 0 Å². The van der Waals surface area contributed by atoms with Crippen LogP contribution in [0.15, 0.2) is 164 Å². The summed E-state index contributed by atoms with van der Waals surface area (Å²) in [7, 11) is 0. The minimum atomic E-state index is -0.670. The molecule has 2 atom stereocenters. The second-order valence-electron chi connectivity index (χ2n) is 13.1. The van der Waals surface area contributed by atoms with Crippen LogP contribution in [0.3, 0.4) is 0 Å². The van der Waals surface area contributed by atoms with Gasteiger partial charge in [-0.25, -0.2) is 0 Å². The van der Waals surface area contributed by atoms with Crippen LogP contribution >= 0.6 is 0 Å². The maximum atomic E-state index is 11.4. The molecule has 0 radical (unpaired) electrons. The summed E-state index contributed by atoms with van der Waals surface area (Å²) in [5, 5.41) is 22.5. The molecule has 2 unspecified atom stereocenters. The van der Waals surface area contributed by atoms with Crippen LogP contribution < -0.4 is 10.6 Å². The molecule has 4 N–H and O–H groups in total. The van der Waals surface area contributed by atoms with Gasteiger partial charge in [0, 0.05) is 44.1 Å². The van der Waals surface area contributed by atoms with Crippen molar-refractivity contribution in [2.45, 2.75) is 52.0 Å². The van der Waals surface area contributed by atoms with Gasteiger partial charge in [-0.3, -0.25) is 4.90 Å². The van der Waals surface area contributed by atoms with E-state index in [0.29, 0.717) is 25.3 Å². The van der Waals surface area contributed by atoms with Crippen molar-refractivity contribution in [3.05, 3.63) is 203 Å². The minimum Gasteiger partial charge on any atom is -0.398 e. The largest absolute Gasteiger partial charge is 0.398 e. The molecule has 6 rings (SSSR count). The third-order valence-corrected chi connectivity index (χ3v) is 9.28. The zero-order chi connectivity index (χ0) is 36.5. The second kappa shape index (κ2) is 20.0. The fraction of sp³-hybridized carbons (Fsp3) is 0.234. The molecule has 5 nitrogen and oxygen atoms in total. The summed E-state index contributed by atoms with van der Waals surface area (Å²) >= 11 is 0. The number of aliphatic hydroxyl groups is 2. The second-order valence-corrected chi connectivity index (χ2v) is 13.1. The number of benzene rings is 6. The van der Waals surface area contributed by atoms with Crippen LogP contribution in [0, 0.1) is 0 Å². The normalized spacial score (nSPS) is 12.1. The van der Waals surface area contributed by atoms with Gasteiger partial charge in [-0.2, -0.15) is 0 Å². The van der Waals surface area contributed by atoms with Gasteiger partial charge in [-0.05, 0) is 70.0 Å². The lowest BCUT2D eigenvalue weighted by Crippen LogP contribution is -2.30. The number of hydrogen-bond acceptors (Lipinski definition) is 5. The number of nitrogen functional groups attached to an aromatic ring is 1. The molecule has 0 bridgehead atoms. The minimum absolute atomic E-state index is 0.485. The van der Waals surface area contributed by atoms with Gasteiger partial charge in [0.2, 0.25) is 0 Å². The van der Waals surface area contributed by atoms with Crippen molar-refractivity contribution >= 4 is 11.4 Å². The molecule has 0 heterocycles. The molecule has 0 saturated heterocycles. The molecule has 0 aromatic heterocycles. The molecular formula is C47H53N3O2. The lowest BCUT2D eigenvalue weighted by molar-refractivity contribution is 0.109. The van der Waals surface area contributed by atoms with Crippen molar-refractivity contribution in [2.24, 2.45) is 0 Å². The van der Waals surface area contributed by atoms with Crippen LogP contribution in [0.4, 0.5) is 11.4 Å². The first-order chi connectivity index (χ1) is 25.5. The topological polar surface area (TPSA) is 73.0 Å². The molecule has 0 saturated carbocycles. The number of hydrogen-bond donors (Lipinski definition) is 3. The van der Waals surface area contributed by atoms with E-state index in [4.69, 9.17) is 5.73 Å². The summed E-state index contributed by atoms with van der Waals surface area (Å²) in [5.41, 5.74) is 15.9. The molecule has 0 spiro atoms. The maximum Gasteiger partial charge on any atom is 0.0964 e. The van der Waals surface area contributed by atoms with Crippen LogP contribution in [0.2, 0.25) is 0 Å². The molecule has 0 amide bonds. The molecule has 5 heteroatoms. The number of anilines is 2. The van der Waals surface area contributed by atoms with Crippen LogP contribution in [0.5, 0.6) is 0 Å². The molecule has 0 aliphatic rings. The zero-order valence-corrected chi connectivity index (χ0v) is 30.6. The van der Waals surface area contributed by atoms with Crippen LogP contribution in [-0.2, 0) is 25.9 Å². The molecule has 268 valence electrons. The van der Waals surface area contributed by atoms with Gasteiger partial charge >= 0.3 is 0 Å². The number of aliphatic hydroxyl groups excluding tert-OH is 2. The van der Waals surface area contributed by atoms with E-state index in [1.165, 1.54) is 22.3 Å². The van der Waals surface area contributed by atoms with E-state index in [1.54, 1.807) is 0 Å². The quantitative estimate of drug-likeness (QED) is 0.0883. The standard InChI is InChI=1S/C45H47N3O2.C2H6/c46-43-30-41(24-23-40(43)29-36-13-5-1-6-14-36)44(49)33-47(31-37-15-7-2-8-16-37)28-27-35-21-25-42(26-22-35)48(32-38-17-9-3-10-18-38)34-45(50)39-19-11-4-12-20-39;1-2/h1-26,30,44-45,49-50H,27-29,31-34,46H2;1-2H3. The summed E-state index contributed by atoms with van der Waals surface area (Å²) in [6.07, 6.45) is 0.327. The number of rotatable bonds is 16. The molecule has 6 aromatic carbocycles. The predicted octanol–water partition coefficient (Wildman–Crippen LogP) is 9.40. The molecule has 0 aliphatic heterocycles. The summed E-state index contributed by atoms with van der Waals surface area (Å²) in [5.74, 6) is 0. The SMILES string of the molecule is CC.Nc1cc(C(O)CN(CCc2ccc(N(Cc3ccccc3)CC(O)c3ccccc3)cc2)Cc2ccccc2)ccc1Cc1ccccc1. The lowest BCUT2D eigenvalue weighted by atomic mass is 9.99. The van der Waals surface area contributed by atoms with Crippen molar-refractivity contribution in [2.75, 3.05) is 30.3 Å². The highest BCUT2D eigenvalue weighted by atomic mass is 16.3. The Morgan fingerprint density at radius 1 is 0.519 bits per heavy atom. The van der Waals surface area contributed by atoms with E-state index >= 15 is 0 Å². The third-order valence-electron chi connectivity index (χ3n) is 9.28. The van der Waals surface area contributed by atoms with Crippen LogP contribution in [0.1, 0.15) is 65.0 Å². The third kappa shape index (κ3) is 11.4. The first-order valence-electron chi connectivity index (χ1n) is 18.5.